The van der Waals surface area contributed by atoms with E-state index < -0.39 is 11.9 Å². The van der Waals surface area contributed by atoms with E-state index in [1.165, 1.54) is 0 Å². The van der Waals surface area contributed by atoms with Gasteiger partial charge in [-0.25, -0.2) is 0 Å². The summed E-state index contributed by atoms with van der Waals surface area (Å²) < 4.78 is 0. The minimum Gasteiger partial charge on any atom is -0.343 e. The quantitative estimate of drug-likeness (QED) is 0.517. The van der Waals surface area contributed by atoms with Crippen LogP contribution in [0.2, 0.25) is 0 Å². The van der Waals surface area contributed by atoms with Crippen LogP contribution in [0.5, 0.6) is 0 Å². The Kier molecular flexibility index (Phi) is 3.19. The first-order valence-electron chi connectivity index (χ1n) is 5.51. The van der Waals surface area contributed by atoms with Gasteiger partial charge in [0.1, 0.15) is 6.04 Å². The molecule has 3 N–H and O–H groups in total. The summed E-state index contributed by atoms with van der Waals surface area (Å²) in [5.74, 6) is -0.871. The lowest BCUT2D eigenvalue weighted by atomic mass is 10.1. The zero-order valence-electron chi connectivity index (χ0n) is 8.91. The highest BCUT2D eigenvalue weighted by Crippen LogP contribution is 2.17. The zero-order chi connectivity index (χ0) is 11.5. The summed E-state index contributed by atoms with van der Waals surface area (Å²) in [5.41, 5.74) is 0. The van der Waals surface area contributed by atoms with Gasteiger partial charge in [0.05, 0.1) is 6.54 Å². The normalized spacial score (nSPS) is 25.1. The van der Waals surface area contributed by atoms with Gasteiger partial charge in [-0.1, -0.05) is 0 Å². The van der Waals surface area contributed by atoms with Crippen molar-refractivity contribution in [2.45, 2.75) is 37.8 Å². The lowest BCUT2D eigenvalue weighted by molar-refractivity contribution is -0.137. The molecule has 2 aliphatic rings. The lowest BCUT2D eigenvalue weighted by Gasteiger charge is -2.21. The molecule has 0 spiro atoms. The fraction of sp³-hybridized carbons (Fsp3) is 0.700. The monoisotopic (exact) mass is 225 g/mol. The van der Waals surface area contributed by atoms with E-state index in [1.54, 1.807) is 0 Å². The van der Waals surface area contributed by atoms with Crippen LogP contribution in [0.25, 0.3) is 0 Å². The Hall–Kier alpha value is -1.43. The molecular formula is C10H15N3O3. The number of imide groups is 1. The van der Waals surface area contributed by atoms with Crippen LogP contribution in [0, 0.1) is 0 Å². The molecule has 0 aromatic rings. The van der Waals surface area contributed by atoms with Crippen LogP contribution >= 0.6 is 0 Å². The maximum absolute atomic E-state index is 11.4. The molecule has 1 aliphatic carbocycles. The predicted octanol–water partition coefficient (Wildman–Crippen LogP) is -1.34. The van der Waals surface area contributed by atoms with Crippen LogP contribution in [0.1, 0.15) is 25.7 Å². The molecule has 1 atom stereocenters. The van der Waals surface area contributed by atoms with Crippen molar-refractivity contribution in [2.75, 3.05) is 6.54 Å². The number of hydrogen-bond donors (Lipinski definition) is 3. The molecule has 16 heavy (non-hydrogen) atoms. The highest BCUT2D eigenvalue weighted by molar-refractivity contribution is 6.01. The van der Waals surface area contributed by atoms with Gasteiger partial charge in [0.15, 0.2) is 0 Å². The SMILES string of the molecule is O=C1CCC(NC(=O)CNC2CC2)C(=O)N1. The molecule has 3 amide bonds. The Morgan fingerprint density at radius 3 is 2.69 bits per heavy atom. The first kappa shape index (κ1) is 11.1. The van der Waals surface area contributed by atoms with Crippen molar-refractivity contribution in [3.05, 3.63) is 0 Å². The molecule has 1 unspecified atom stereocenters. The highest BCUT2D eigenvalue weighted by atomic mass is 16.2. The van der Waals surface area contributed by atoms with E-state index in [0.717, 1.165) is 12.8 Å². The van der Waals surface area contributed by atoms with Crippen molar-refractivity contribution >= 4 is 17.7 Å². The standard InChI is InChI=1S/C10H15N3O3/c14-8-4-3-7(10(16)13-8)12-9(15)5-11-6-1-2-6/h6-7,11H,1-5H2,(H,12,15)(H,13,14,16). The van der Waals surface area contributed by atoms with Crippen LogP contribution in [0.3, 0.4) is 0 Å². The minimum atomic E-state index is -0.564. The van der Waals surface area contributed by atoms with Gasteiger partial charge in [0.2, 0.25) is 17.7 Å². The van der Waals surface area contributed by atoms with E-state index in [-0.39, 0.29) is 24.8 Å². The maximum Gasteiger partial charge on any atom is 0.249 e. The smallest absolute Gasteiger partial charge is 0.249 e. The van der Waals surface area contributed by atoms with E-state index in [0.29, 0.717) is 12.5 Å². The molecule has 0 radical (unpaired) electrons. The van der Waals surface area contributed by atoms with Gasteiger partial charge in [-0.3, -0.25) is 19.7 Å². The summed E-state index contributed by atoms with van der Waals surface area (Å²) in [5, 5.41) is 7.86. The number of amides is 3. The van der Waals surface area contributed by atoms with Gasteiger partial charge in [0.25, 0.3) is 0 Å². The van der Waals surface area contributed by atoms with Crippen LogP contribution in [-0.2, 0) is 14.4 Å². The molecule has 6 nitrogen and oxygen atoms in total. The Balaban J connectivity index is 1.72. The van der Waals surface area contributed by atoms with Crippen LogP contribution < -0.4 is 16.0 Å². The third-order valence-corrected chi connectivity index (χ3v) is 2.70. The molecular weight excluding hydrogens is 210 g/mol. The molecule has 0 bridgehead atoms. The third-order valence-electron chi connectivity index (χ3n) is 2.70. The number of carbonyl (C=O) groups is 3. The van der Waals surface area contributed by atoms with Crippen molar-refractivity contribution in [1.82, 2.24) is 16.0 Å². The first-order valence-corrected chi connectivity index (χ1v) is 5.51. The number of carbonyl (C=O) groups excluding carboxylic acids is 3. The Morgan fingerprint density at radius 2 is 2.06 bits per heavy atom. The zero-order valence-corrected chi connectivity index (χ0v) is 8.91. The summed E-state index contributed by atoms with van der Waals surface area (Å²) in [6.07, 6.45) is 2.91. The van der Waals surface area contributed by atoms with Crippen LogP contribution in [0.15, 0.2) is 0 Å². The number of rotatable bonds is 4. The second-order valence-corrected chi connectivity index (χ2v) is 4.23. The first-order chi connectivity index (χ1) is 7.65. The lowest BCUT2D eigenvalue weighted by Crippen LogP contribution is -2.53. The summed E-state index contributed by atoms with van der Waals surface area (Å²) in [6.45, 7) is 0.238. The largest absolute Gasteiger partial charge is 0.343 e. The predicted molar refractivity (Wildman–Crippen MR) is 55.3 cm³/mol. The molecule has 0 aromatic heterocycles. The average Bonchev–Trinajstić information content (AvgIpc) is 3.03. The topological polar surface area (TPSA) is 87.3 Å². The van der Waals surface area contributed by atoms with Crippen molar-refractivity contribution < 1.29 is 14.4 Å². The Labute approximate surface area is 93.1 Å². The number of hydrogen-bond acceptors (Lipinski definition) is 4. The van der Waals surface area contributed by atoms with Crippen LogP contribution in [0.4, 0.5) is 0 Å². The molecule has 2 fully saturated rings. The molecule has 2 rings (SSSR count). The average molecular weight is 225 g/mol. The van der Waals surface area contributed by atoms with Gasteiger partial charge < -0.3 is 10.6 Å². The molecule has 1 saturated carbocycles. The molecule has 6 heteroatoms. The highest BCUT2D eigenvalue weighted by Gasteiger charge is 2.28. The number of nitrogens with one attached hydrogen (secondary N) is 3. The second kappa shape index (κ2) is 4.61. The minimum absolute atomic E-state index is 0.193. The summed E-state index contributed by atoms with van der Waals surface area (Å²) in [4.78, 5) is 33.6. The van der Waals surface area contributed by atoms with Gasteiger partial charge in [-0.05, 0) is 19.3 Å². The third kappa shape index (κ3) is 3.03. The van der Waals surface area contributed by atoms with Gasteiger partial charge in [0, 0.05) is 12.5 Å². The van der Waals surface area contributed by atoms with Crippen molar-refractivity contribution in [2.24, 2.45) is 0 Å². The van der Waals surface area contributed by atoms with Crippen molar-refractivity contribution in [3.8, 4) is 0 Å². The Bertz CT molecular complexity index is 325. The van der Waals surface area contributed by atoms with Crippen LogP contribution in [-0.4, -0.2) is 36.3 Å². The van der Waals surface area contributed by atoms with E-state index in [4.69, 9.17) is 0 Å². The number of piperidine rings is 1. The van der Waals surface area contributed by atoms with Crippen molar-refractivity contribution in [3.63, 3.8) is 0 Å². The summed E-state index contributed by atoms with van der Waals surface area (Å²) in [7, 11) is 0. The van der Waals surface area contributed by atoms with Gasteiger partial charge >= 0.3 is 0 Å². The maximum atomic E-state index is 11.4. The fourth-order valence-electron chi connectivity index (χ4n) is 1.60. The van der Waals surface area contributed by atoms with Crippen molar-refractivity contribution in [1.29, 1.82) is 0 Å². The fourth-order valence-corrected chi connectivity index (χ4v) is 1.60. The van der Waals surface area contributed by atoms with E-state index in [1.807, 2.05) is 0 Å². The van der Waals surface area contributed by atoms with E-state index in [9.17, 15) is 14.4 Å². The second-order valence-electron chi connectivity index (χ2n) is 4.23. The molecule has 88 valence electrons. The Morgan fingerprint density at radius 1 is 1.31 bits per heavy atom. The van der Waals surface area contributed by atoms with Gasteiger partial charge in [-0.2, -0.15) is 0 Å². The van der Waals surface area contributed by atoms with E-state index in [2.05, 4.69) is 16.0 Å². The van der Waals surface area contributed by atoms with Gasteiger partial charge in [-0.15, -0.1) is 0 Å². The molecule has 1 saturated heterocycles. The summed E-state index contributed by atoms with van der Waals surface area (Å²) >= 11 is 0. The molecule has 1 aliphatic heterocycles. The molecule has 1 heterocycles. The molecule has 0 aromatic carbocycles. The van der Waals surface area contributed by atoms with E-state index >= 15 is 0 Å². The summed E-state index contributed by atoms with van der Waals surface area (Å²) in [6, 6.07) is -0.0984.